The first kappa shape index (κ1) is 18.5. The lowest BCUT2D eigenvalue weighted by molar-refractivity contribution is -0.384. The number of hydrogen-bond acceptors (Lipinski definition) is 5. The minimum Gasteiger partial charge on any atom is -0.272 e. The van der Waals surface area contributed by atoms with Gasteiger partial charge in [0, 0.05) is 22.2 Å². The monoisotopic (exact) mass is 427 g/mol. The molecular weight excluding hydrogens is 414 g/mol. The molecule has 0 saturated heterocycles. The molecule has 0 aliphatic heterocycles. The van der Waals surface area contributed by atoms with Crippen LogP contribution in [0.4, 0.5) is 5.69 Å². The predicted octanol–water partition coefficient (Wildman–Crippen LogP) is 3.90. The number of non-ortho nitro benzene ring substituents is 1. The van der Waals surface area contributed by atoms with E-state index in [4.69, 9.17) is 0 Å². The first-order valence-corrected chi connectivity index (χ1v) is 8.64. The third-order valence-corrected chi connectivity index (χ3v) is 4.31. The van der Waals surface area contributed by atoms with E-state index in [-0.39, 0.29) is 11.4 Å². The molecule has 2 N–H and O–H groups in total. The zero-order chi connectivity index (χ0) is 19.4. The summed E-state index contributed by atoms with van der Waals surface area (Å²) in [6.45, 7) is 1.70. The molecule has 9 heteroatoms. The van der Waals surface area contributed by atoms with Crippen LogP contribution in [0.5, 0.6) is 0 Å². The summed E-state index contributed by atoms with van der Waals surface area (Å²) in [6, 6.07) is 15.1. The number of carbonyl (C=O) groups excluding carboxylic acids is 1. The van der Waals surface area contributed by atoms with Gasteiger partial charge < -0.3 is 0 Å². The van der Waals surface area contributed by atoms with Gasteiger partial charge in [0.15, 0.2) is 0 Å². The molecule has 1 heterocycles. The fraction of sp³-hybridized carbons (Fsp3) is 0.0556. The van der Waals surface area contributed by atoms with Crippen molar-refractivity contribution in [1.82, 2.24) is 15.6 Å². The molecule has 0 spiro atoms. The van der Waals surface area contributed by atoms with Crippen molar-refractivity contribution < 1.29 is 9.72 Å². The van der Waals surface area contributed by atoms with Crippen LogP contribution in [0.3, 0.4) is 0 Å². The minimum atomic E-state index is -0.473. The molecule has 8 nitrogen and oxygen atoms in total. The van der Waals surface area contributed by atoms with E-state index in [9.17, 15) is 14.9 Å². The molecule has 0 radical (unpaired) electrons. The fourth-order valence-corrected chi connectivity index (χ4v) is 2.55. The highest BCUT2D eigenvalue weighted by atomic mass is 79.9. The second-order valence-electron chi connectivity index (χ2n) is 5.62. The number of aromatic nitrogens is 2. The molecular formula is C18H14BrN5O3. The fourth-order valence-electron chi connectivity index (χ4n) is 2.29. The topological polar surface area (TPSA) is 113 Å². The van der Waals surface area contributed by atoms with Gasteiger partial charge in [0.05, 0.1) is 16.3 Å². The third kappa shape index (κ3) is 4.45. The number of nitro groups is 1. The van der Waals surface area contributed by atoms with Crippen molar-refractivity contribution in [3.63, 3.8) is 0 Å². The van der Waals surface area contributed by atoms with E-state index in [2.05, 4.69) is 36.7 Å². The number of nitrogens with one attached hydrogen (secondary N) is 2. The first-order valence-electron chi connectivity index (χ1n) is 7.85. The highest BCUT2D eigenvalue weighted by Gasteiger charge is 2.11. The Kier molecular flexibility index (Phi) is 5.41. The number of nitrogens with zero attached hydrogens (tertiary/aromatic N) is 3. The number of benzene rings is 2. The van der Waals surface area contributed by atoms with Gasteiger partial charge in [0.2, 0.25) is 0 Å². The van der Waals surface area contributed by atoms with E-state index < -0.39 is 10.8 Å². The summed E-state index contributed by atoms with van der Waals surface area (Å²) < 4.78 is 0.954. The second kappa shape index (κ2) is 7.92. The molecule has 2 aromatic carbocycles. The molecule has 0 atom stereocenters. The summed E-state index contributed by atoms with van der Waals surface area (Å²) in [5.74, 6) is -0.438. The normalized spacial score (nSPS) is 11.3. The number of aromatic amines is 1. The van der Waals surface area contributed by atoms with Crippen LogP contribution in [0.1, 0.15) is 23.0 Å². The van der Waals surface area contributed by atoms with Gasteiger partial charge in [-0.15, -0.1) is 0 Å². The van der Waals surface area contributed by atoms with Gasteiger partial charge in [-0.05, 0) is 42.8 Å². The molecule has 0 saturated carbocycles. The van der Waals surface area contributed by atoms with E-state index in [1.54, 1.807) is 25.1 Å². The van der Waals surface area contributed by atoms with Gasteiger partial charge in [0.25, 0.3) is 11.6 Å². The lowest BCUT2D eigenvalue weighted by atomic mass is 10.1. The predicted molar refractivity (Wildman–Crippen MR) is 104 cm³/mol. The number of carbonyl (C=O) groups is 1. The van der Waals surface area contributed by atoms with Crippen molar-refractivity contribution in [3.8, 4) is 11.3 Å². The molecule has 0 aliphatic rings. The van der Waals surface area contributed by atoms with Crippen LogP contribution in [0.2, 0.25) is 0 Å². The third-order valence-electron chi connectivity index (χ3n) is 3.78. The Morgan fingerprint density at radius 3 is 2.48 bits per heavy atom. The maximum Gasteiger partial charge on any atom is 0.289 e. The van der Waals surface area contributed by atoms with Crippen molar-refractivity contribution in [1.29, 1.82) is 0 Å². The van der Waals surface area contributed by atoms with E-state index in [1.807, 2.05) is 24.3 Å². The van der Waals surface area contributed by atoms with E-state index in [0.29, 0.717) is 17.0 Å². The van der Waals surface area contributed by atoms with Crippen LogP contribution in [0, 0.1) is 10.1 Å². The van der Waals surface area contributed by atoms with Crippen molar-refractivity contribution in [2.75, 3.05) is 0 Å². The maximum atomic E-state index is 12.2. The van der Waals surface area contributed by atoms with Crippen LogP contribution >= 0.6 is 15.9 Å². The van der Waals surface area contributed by atoms with Gasteiger partial charge in [-0.1, -0.05) is 28.1 Å². The summed E-state index contributed by atoms with van der Waals surface area (Å²) in [6.07, 6.45) is 0. The molecule has 1 amide bonds. The van der Waals surface area contributed by atoms with E-state index in [0.717, 1.165) is 10.0 Å². The zero-order valence-electron chi connectivity index (χ0n) is 14.1. The molecule has 0 aliphatic carbocycles. The van der Waals surface area contributed by atoms with E-state index in [1.165, 1.54) is 12.1 Å². The van der Waals surface area contributed by atoms with Gasteiger partial charge in [0.1, 0.15) is 5.69 Å². The average Bonchev–Trinajstić information content (AvgIpc) is 3.16. The minimum absolute atomic E-state index is 0.00600. The largest absolute Gasteiger partial charge is 0.289 e. The van der Waals surface area contributed by atoms with E-state index >= 15 is 0 Å². The van der Waals surface area contributed by atoms with Crippen LogP contribution in [-0.4, -0.2) is 26.7 Å². The van der Waals surface area contributed by atoms with Crippen LogP contribution in [0.15, 0.2) is 64.2 Å². The number of rotatable bonds is 5. The summed E-state index contributed by atoms with van der Waals surface area (Å²) in [5.41, 5.74) is 5.41. The standard InChI is InChI=1S/C18H14BrN5O3/c1-11(12-4-8-15(9-5-12)24(26)27)20-23-18(25)17-10-16(21-22-17)13-2-6-14(19)7-3-13/h2-10H,1H3,(H,21,22)(H,23,25)/b20-11+. The number of halogens is 1. The average molecular weight is 428 g/mol. The van der Waals surface area contributed by atoms with Crippen molar-refractivity contribution >= 4 is 33.2 Å². The van der Waals surface area contributed by atoms with Gasteiger partial charge in [-0.25, -0.2) is 5.43 Å². The highest BCUT2D eigenvalue weighted by molar-refractivity contribution is 9.10. The number of hydrazone groups is 1. The molecule has 1 aromatic heterocycles. The quantitative estimate of drug-likeness (QED) is 0.365. The summed E-state index contributed by atoms with van der Waals surface area (Å²) in [7, 11) is 0. The molecule has 0 fully saturated rings. The summed E-state index contributed by atoms with van der Waals surface area (Å²) >= 11 is 3.37. The molecule has 0 unspecified atom stereocenters. The summed E-state index contributed by atoms with van der Waals surface area (Å²) in [5, 5.41) is 21.5. The van der Waals surface area contributed by atoms with Crippen LogP contribution in [0.25, 0.3) is 11.3 Å². The molecule has 3 rings (SSSR count). The number of nitro benzene ring substituents is 1. The smallest absolute Gasteiger partial charge is 0.272 e. The van der Waals surface area contributed by atoms with Crippen LogP contribution in [-0.2, 0) is 0 Å². The van der Waals surface area contributed by atoms with Gasteiger partial charge in [-0.3, -0.25) is 20.0 Å². The first-order chi connectivity index (χ1) is 12.9. The Bertz CT molecular complexity index is 1010. The van der Waals surface area contributed by atoms with Gasteiger partial charge >= 0.3 is 0 Å². The molecule has 27 heavy (non-hydrogen) atoms. The van der Waals surface area contributed by atoms with Gasteiger partial charge in [-0.2, -0.15) is 10.2 Å². The number of hydrogen-bond donors (Lipinski definition) is 2. The molecule has 136 valence electrons. The van der Waals surface area contributed by atoms with Crippen molar-refractivity contribution in [2.24, 2.45) is 5.10 Å². The Labute approximate surface area is 162 Å². The Morgan fingerprint density at radius 2 is 1.85 bits per heavy atom. The zero-order valence-corrected chi connectivity index (χ0v) is 15.7. The lowest BCUT2D eigenvalue weighted by Crippen LogP contribution is -2.19. The number of amides is 1. The SMILES string of the molecule is C/C(=N\NC(=O)c1cc(-c2ccc(Br)cc2)n[nH]1)c1ccc([N+](=O)[O-])cc1. The van der Waals surface area contributed by atoms with Crippen LogP contribution < -0.4 is 5.43 Å². The summed E-state index contributed by atoms with van der Waals surface area (Å²) in [4.78, 5) is 22.4. The molecule has 0 bridgehead atoms. The Hall–Kier alpha value is -3.33. The van der Waals surface area contributed by atoms with Crippen molar-refractivity contribution in [2.45, 2.75) is 6.92 Å². The molecule has 3 aromatic rings. The lowest BCUT2D eigenvalue weighted by Gasteiger charge is -2.01. The van der Waals surface area contributed by atoms with Crippen molar-refractivity contribution in [3.05, 3.63) is 80.4 Å². The second-order valence-corrected chi connectivity index (χ2v) is 6.53. The Morgan fingerprint density at radius 1 is 1.19 bits per heavy atom. The Balaban J connectivity index is 1.69. The maximum absolute atomic E-state index is 12.2. The number of H-pyrrole nitrogens is 1. The highest BCUT2D eigenvalue weighted by Crippen LogP contribution is 2.20.